The Labute approximate surface area is 97.5 Å². The second-order valence-corrected chi connectivity index (χ2v) is 5.72. The summed E-state index contributed by atoms with van der Waals surface area (Å²) in [4.78, 5) is 0. The third-order valence-corrected chi connectivity index (χ3v) is 4.81. The monoisotopic (exact) mass is 216 g/mol. The van der Waals surface area contributed by atoms with E-state index in [0.29, 0.717) is 5.75 Å². The molecule has 3 atom stereocenters. The number of hydrogen-bond donors (Lipinski definition) is 1. The van der Waals surface area contributed by atoms with Crippen LogP contribution in [0.4, 0.5) is 0 Å². The molecule has 0 heterocycles. The van der Waals surface area contributed by atoms with Gasteiger partial charge in [0.25, 0.3) is 0 Å². The molecule has 1 aromatic rings. The zero-order chi connectivity index (χ0) is 11.3. The number of aryl methyl sites for hydroxylation is 1. The standard InChI is InChI=1S/C15H20O/c1-9-3-6-14(16)10(2)15(9)13-8-11-4-5-12(13)7-11/h3,6,11-13,16H,4-5,7-8H2,1-2H3. The fourth-order valence-corrected chi connectivity index (χ4v) is 4.02. The number of rotatable bonds is 1. The van der Waals surface area contributed by atoms with E-state index < -0.39 is 0 Å². The molecule has 3 rings (SSSR count). The lowest BCUT2D eigenvalue weighted by Crippen LogP contribution is -2.11. The maximum absolute atomic E-state index is 9.86. The number of hydrogen-bond acceptors (Lipinski definition) is 1. The van der Waals surface area contributed by atoms with E-state index >= 15 is 0 Å². The molecular weight excluding hydrogens is 196 g/mol. The lowest BCUT2D eigenvalue weighted by Gasteiger charge is -2.25. The van der Waals surface area contributed by atoms with Crippen molar-refractivity contribution in [2.24, 2.45) is 11.8 Å². The van der Waals surface area contributed by atoms with Gasteiger partial charge in [-0.25, -0.2) is 0 Å². The van der Waals surface area contributed by atoms with Crippen molar-refractivity contribution in [3.05, 3.63) is 28.8 Å². The van der Waals surface area contributed by atoms with Gasteiger partial charge in [0.05, 0.1) is 0 Å². The molecule has 0 saturated heterocycles. The molecule has 1 N–H and O–H groups in total. The number of benzene rings is 1. The van der Waals surface area contributed by atoms with Crippen LogP contribution in [0.1, 0.15) is 48.3 Å². The SMILES string of the molecule is Cc1ccc(O)c(C)c1C1CC2CCC1C2. The summed E-state index contributed by atoms with van der Waals surface area (Å²) in [5.41, 5.74) is 3.94. The van der Waals surface area contributed by atoms with Crippen molar-refractivity contribution in [3.8, 4) is 5.75 Å². The Hall–Kier alpha value is -0.980. The second kappa shape index (κ2) is 3.51. The van der Waals surface area contributed by atoms with Crippen LogP contribution in [0.3, 0.4) is 0 Å². The molecule has 2 fully saturated rings. The Kier molecular flexibility index (Phi) is 2.24. The van der Waals surface area contributed by atoms with E-state index in [2.05, 4.69) is 19.9 Å². The summed E-state index contributed by atoms with van der Waals surface area (Å²) in [6, 6.07) is 3.91. The van der Waals surface area contributed by atoms with Crippen molar-refractivity contribution in [3.63, 3.8) is 0 Å². The van der Waals surface area contributed by atoms with Crippen molar-refractivity contribution < 1.29 is 5.11 Å². The molecule has 1 aromatic carbocycles. The summed E-state index contributed by atoms with van der Waals surface area (Å²) < 4.78 is 0. The number of phenolic OH excluding ortho intramolecular Hbond substituents is 1. The molecule has 1 heteroatoms. The van der Waals surface area contributed by atoms with E-state index in [1.54, 1.807) is 0 Å². The van der Waals surface area contributed by atoms with Crippen LogP contribution in [0.2, 0.25) is 0 Å². The summed E-state index contributed by atoms with van der Waals surface area (Å²) in [6.45, 7) is 4.26. The highest BCUT2D eigenvalue weighted by Crippen LogP contribution is 2.54. The van der Waals surface area contributed by atoms with E-state index in [1.807, 2.05) is 6.07 Å². The van der Waals surface area contributed by atoms with Gasteiger partial charge < -0.3 is 5.11 Å². The van der Waals surface area contributed by atoms with Crippen molar-refractivity contribution in [2.45, 2.75) is 45.4 Å². The van der Waals surface area contributed by atoms with Crippen LogP contribution in [-0.2, 0) is 0 Å². The molecule has 86 valence electrons. The predicted octanol–water partition coefficient (Wildman–Crippen LogP) is 3.91. The molecule has 0 radical (unpaired) electrons. The third kappa shape index (κ3) is 1.37. The van der Waals surface area contributed by atoms with E-state index in [9.17, 15) is 5.11 Å². The fourth-order valence-electron chi connectivity index (χ4n) is 4.02. The minimum atomic E-state index is 0.475. The van der Waals surface area contributed by atoms with Crippen molar-refractivity contribution in [1.82, 2.24) is 0 Å². The van der Waals surface area contributed by atoms with Crippen LogP contribution < -0.4 is 0 Å². The highest BCUT2D eigenvalue weighted by molar-refractivity contribution is 5.45. The van der Waals surface area contributed by atoms with Gasteiger partial charge in [0, 0.05) is 0 Å². The Bertz CT molecular complexity index is 422. The molecule has 2 aliphatic rings. The normalized spacial score (nSPS) is 32.2. The molecule has 0 aliphatic heterocycles. The maximum Gasteiger partial charge on any atom is 0.118 e. The van der Waals surface area contributed by atoms with Crippen LogP contribution in [0.25, 0.3) is 0 Å². The van der Waals surface area contributed by atoms with Gasteiger partial charge in [-0.05, 0) is 73.6 Å². The molecule has 1 nitrogen and oxygen atoms in total. The van der Waals surface area contributed by atoms with Gasteiger partial charge in [0.15, 0.2) is 0 Å². The largest absolute Gasteiger partial charge is 0.508 e. The Morgan fingerprint density at radius 1 is 1.12 bits per heavy atom. The summed E-state index contributed by atoms with van der Waals surface area (Å²) in [6.07, 6.45) is 5.64. The van der Waals surface area contributed by atoms with Crippen LogP contribution in [0.15, 0.2) is 12.1 Å². The van der Waals surface area contributed by atoms with Crippen molar-refractivity contribution >= 4 is 0 Å². The molecule has 0 amide bonds. The highest BCUT2D eigenvalue weighted by Gasteiger charge is 2.41. The van der Waals surface area contributed by atoms with Crippen molar-refractivity contribution in [2.75, 3.05) is 0 Å². The van der Waals surface area contributed by atoms with Crippen molar-refractivity contribution in [1.29, 1.82) is 0 Å². The molecule has 3 unspecified atom stereocenters. The van der Waals surface area contributed by atoms with E-state index in [4.69, 9.17) is 0 Å². The quantitative estimate of drug-likeness (QED) is 0.754. The lowest BCUT2D eigenvalue weighted by molar-refractivity contribution is 0.413. The minimum Gasteiger partial charge on any atom is -0.508 e. The van der Waals surface area contributed by atoms with Gasteiger partial charge in [0.2, 0.25) is 0 Å². The van der Waals surface area contributed by atoms with Gasteiger partial charge in [-0.2, -0.15) is 0 Å². The van der Waals surface area contributed by atoms with E-state index in [1.165, 1.54) is 36.8 Å². The first-order valence-electron chi connectivity index (χ1n) is 6.46. The fraction of sp³-hybridized carbons (Fsp3) is 0.600. The first-order valence-corrected chi connectivity index (χ1v) is 6.46. The van der Waals surface area contributed by atoms with Gasteiger partial charge in [-0.15, -0.1) is 0 Å². The average Bonchev–Trinajstić information content (AvgIpc) is 2.86. The molecule has 2 aliphatic carbocycles. The zero-order valence-electron chi connectivity index (χ0n) is 10.2. The minimum absolute atomic E-state index is 0.475. The lowest BCUT2D eigenvalue weighted by atomic mass is 9.79. The summed E-state index contributed by atoms with van der Waals surface area (Å²) >= 11 is 0. The van der Waals surface area contributed by atoms with Crippen LogP contribution in [0.5, 0.6) is 5.75 Å². The zero-order valence-corrected chi connectivity index (χ0v) is 10.2. The van der Waals surface area contributed by atoms with Gasteiger partial charge in [-0.1, -0.05) is 12.5 Å². The number of phenols is 1. The molecule has 2 saturated carbocycles. The van der Waals surface area contributed by atoms with Gasteiger partial charge in [-0.3, -0.25) is 0 Å². The first kappa shape index (κ1) is 10.2. The highest BCUT2D eigenvalue weighted by atomic mass is 16.3. The van der Waals surface area contributed by atoms with Crippen LogP contribution >= 0.6 is 0 Å². The molecular formula is C15H20O. The summed E-state index contributed by atoms with van der Waals surface area (Å²) in [5.74, 6) is 3.06. The Balaban J connectivity index is 2.03. The van der Waals surface area contributed by atoms with Crippen LogP contribution in [-0.4, -0.2) is 5.11 Å². The molecule has 16 heavy (non-hydrogen) atoms. The van der Waals surface area contributed by atoms with Crippen LogP contribution in [0, 0.1) is 25.7 Å². The van der Waals surface area contributed by atoms with Gasteiger partial charge in [0.1, 0.15) is 5.75 Å². The van der Waals surface area contributed by atoms with E-state index in [-0.39, 0.29) is 0 Å². The molecule has 0 spiro atoms. The third-order valence-electron chi connectivity index (χ3n) is 4.81. The van der Waals surface area contributed by atoms with E-state index in [0.717, 1.165) is 23.3 Å². The topological polar surface area (TPSA) is 20.2 Å². The second-order valence-electron chi connectivity index (χ2n) is 5.72. The predicted molar refractivity (Wildman–Crippen MR) is 65.8 cm³/mol. The number of aromatic hydroxyl groups is 1. The molecule has 0 aromatic heterocycles. The van der Waals surface area contributed by atoms with Gasteiger partial charge >= 0.3 is 0 Å². The Morgan fingerprint density at radius 3 is 2.56 bits per heavy atom. The molecule has 2 bridgehead atoms. The average molecular weight is 216 g/mol. The maximum atomic E-state index is 9.86. The summed E-state index contributed by atoms with van der Waals surface area (Å²) in [7, 11) is 0. The first-order chi connectivity index (χ1) is 7.66. The smallest absolute Gasteiger partial charge is 0.118 e. The Morgan fingerprint density at radius 2 is 1.94 bits per heavy atom. The number of fused-ring (bicyclic) bond motifs is 2. The summed E-state index contributed by atoms with van der Waals surface area (Å²) in [5, 5.41) is 9.86.